The number of rotatable bonds is 8. The number of methoxy groups -OCH3 is 1. The van der Waals surface area contributed by atoms with Gasteiger partial charge in [-0.3, -0.25) is 9.59 Å². The van der Waals surface area contributed by atoms with Gasteiger partial charge in [0, 0.05) is 26.2 Å². The first-order valence-corrected chi connectivity index (χ1v) is 10.1. The van der Waals surface area contributed by atoms with Gasteiger partial charge < -0.3 is 24.0 Å². The van der Waals surface area contributed by atoms with E-state index in [1.54, 1.807) is 29.0 Å². The summed E-state index contributed by atoms with van der Waals surface area (Å²) in [6, 6.07) is 15.0. The lowest BCUT2D eigenvalue weighted by molar-refractivity contribution is -0.141. The minimum atomic E-state index is -0.110. The second-order valence-electron chi connectivity index (χ2n) is 6.95. The number of benzene rings is 2. The molecule has 2 aromatic rings. The Morgan fingerprint density at radius 3 is 1.77 bits per heavy atom. The molecule has 0 bridgehead atoms. The van der Waals surface area contributed by atoms with Gasteiger partial charge in [-0.05, 0) is 30.2 Å². The second-order valence-corrected chi connectivity index (χ2v) is 6.95. The highest BCUT2D eigenvalue weighted by Gasteiger charge is 2.25. The number of hydrogen-bond acceptors (Lipinski definition) is 5. The summed E-state index contributed by atoms with van der Waals surface area (Å²) in [5.41, 5.74) is 1.08. The summed E-state index contributed by atoms with van der Waals surface area (Å²) in [7, 11) is 1.56. The second kappa shape index (κ2) is 10.5. The maximum atomic E-state index is 12.5. The average molecular weight is 412 g/mol. The van der Waals surface area contributed by atoms with E-state index < -0.39 is 0 Å². The molecule has 0 unspecified atom stereocenters. The van der Waals surface area contributed by atoms with Crippen LogP contribution < -0.4 is 14.2 Å². The zero-order valence-corrected chi connectivity index (χ0v) is 17.5. The highest BCUT2D eigenvalue weighted by molar-refractivity contribution is 5.80. The van der Waals surface area contributed by atoms with Crippen LogP contribution in [-0.2, 0) is 16.0 Å². The van der Waals surface area contributed by atoms with Crippen LogP contribution in [0.4, 0.5) is 0 Å². The Labute approximate surface area is 177 Å². The number of aryl methyl sites for hydroxylation is 1. The maximum absolute atomic E-state index is 12.5. The largest absolute Gasteiger partial charge is 0.493 e. The molecule has 0 atom stereocenters. The average Bonchev–Trinajstić information content (AvgIpc) is 2.81. The molecule has 2 amide bonds. The van der Waals surface area contributed by atoms with Crippen molar-refractivity contribution in [1.29, 1.82) is 0 Å². The van der Waals surface area contributed by atoms with Crippen molar-refractivity contribution in [2.75, 3.05) is 46.5 Å². The summed E-state index contributed by atoms with van der Waals surface area (Å²) in [5, 5.41) is 0. The fourth-order valence-corrected chi connectivity index (χ4v) is 3.34. The Bertz CT molecular complexity index is 791. The third-order valence-electron chi connectivity index (χ3n) is 5.11. The van der Waals surface area contributed by atoms with E-state index in [4.69, 9.17) is 14.2 Å². The molecule has 7 nitrogen and oxygen atoms in total. The predicted molar refractivity (Wildman–Crippen MR) is 113 cm³/mol. The normalized spacial score (nSPS) is 13.7. The zero-order chi connectivity index (χ0) is 21.3. The molecule has 30 heavy (non-hydrogen) atoms. The highest BCUT2D eigenvalue weighted by atomic mass is 16.5. The van der Waals surface area contributed by atoms with E-state index in [2.05, 4.69) is 6.92 Å². The van der Waals surface area contributed by atoms with Gasteiger partial charge in [-0.15, -0.1) is 0 Å². The van der Waals surface area contributed by atoms with Gasteiger partial charge in [-0.2, -0.15) is 0 Å². The van der Waals surface area contributed by atoms with Gasteiger partial charge in [-0.1, -0.05) is 37.3 Å². The molecule has 0 saturated carbocycles. The summed E-state index contributed by atoms with van der Waals surface area (Å²) in [6.07, 6.45) is 0.849. The SMILES string of the molecule is CCc1ccccc1OCC(=O)N1CCN(C(=O)COc2ccccc2OC)CC1. The Morgan fingerprint density at radius 1 is 0.767 bits per heavy atom. The van der Waals surface area contributed by atoms with Crippen molar-refractivity contribution in [1.82, 2.24) is 9.80 Å². The lowest BCUT2D eigenvalue weighted by Gasteiger charge is -2.34. The Morgan fingerprint density at radius 2 is 1.23 bits per heavy atom. The van der Waals surface area contributed by atoms with Crippen molar-refractivity contribution in [2.24, 2.45) is 0 Å². The van der Waals surface area contributed by atoms with Crippen molar-refractivity contribution < 1.29 is 23.8 Å². The molecule has 0 aliphatic carbocycles. The van der Waals surface area contributed by atoms with Gasteiger partial charge in [0.2, 0.25) is 0 Å². The topological polar surface area (TPSA) is 68.3 Å². The molecule has 0 radical (unpaired) electrons. The monoisotopic (exact) mass is 412 g/mol. The van der Waals surface area contributed by atoms with Crippen molar-refractivity contribution in [3.63, 3.8) is 0 Å². The molecule has 3 rings (SSSR count). The predicted octanol–water partition coefficient (Wildman–Crippen LogP) is 2.39. The summed E-state index contributed by atoms with van der Waals surface area (Å²) in [6.45, 7) is 3.91. The number of nitrogens with zero attached hydrogens (tertiary/aromatic N) is 2. The first-order valence-electron chi connectivity index (χ1n) is 10.1. The smallest absolute Gasteiger partial charge is 0.260 e. The van der Waals surface area contributed by atoms with E-state index in [-0.39, 0.29) is 25.0 Å². The molecule has 1 aliphatic heterocycles. The standard InChI is InChI=1S/C23H28N2O5/c1-3-18-8-4-5-9-19(18)29-16-22(26)24-12-14-25(15-13-24)23(27)17-30-21-11-7-6-10-20(21)28-2/h4-11H,3,12-17H2,1-2H3. The van der Waals surface area contributed by atoms with Crippen molar-refractivity contribution in [3.05, 3.63) is 54.1 Å². The number of amides is 2. The first kappa shape index (κ1) is 21.5. The van der Waals surface area contributed by atoms with Gasteiger partial charge in [0.05, 0.1) is 7.11 Å². The van der Waals surface area contributed by atoms with Crippen LogP contribution in [0, 0.1) is 0 Å². The molecule has 7 heteroatoms. The molecule has 0 aromatic heterocycles. The summed E-state index contributed by atoms with van der Waals surface area (Å²) < 4.78 is 16.6. The summed E-state index contributed by atoms with van der Waals surface area (Å²) in [5.74, 6) is 1.69. The van der Waals surface area contributed by atoms with Crippen LogP contribution in [0.2, 0.25) is 0 Å². The summed E-state index contributed by atoms with van der Waals surface area (Å²) >= 11 is 0. The van der Waals surface area contributed by atoms with E-state index in [0.29, 0.717) is 37.7 Å². The van der Waals surface area contributed by atoms with E-state index in [1.165, 1.54) is 0 Å². The molecule has 0 spiro atoms. The molecule has 0 N–H and O–H groups in total. The highest BCUT2D eigenvalue weighted by Crippen LogP contribution is 2.25. The number of carbonyl (C=O) groups is 2. The van der Waals surface area contributed by atoms with Crippen molar-refractivity contribution in [3.8, 4) is 17.2 Å². The number of carbonyl (C=O) groups excluding carboxylic acids is 2. The van der Waals surface area contributed by atoms with E-state index in [1.807, 2.05) is 36.4 Å². The lowest BCUT2D eigenvalue weighted by Crippen LogP contribution is -2.52. The number of para-hydroxylation sites is 3. The maximum Gasteiger partial charge on any atom is 0.260 e. The fourth-order valence-electron chi connectivity index (χ4n) is 3.34. The Hall–Kier alpha value is -3.22. The molecule has 1 heterocycles. The van der Waals surface area contributed by atoms with Crippen LogP contribution in [0.25, 0.3) is 0 Å². The van der Waals surface area contributed by atoms with Crippen LogP contribution in [0.1, 0.15) is 12.5 Å². The third-order valence-corrected chi connectivity index (χ3v) is 5.11. The van der Waals surface area contributed by atoms with Crippen molar-refractivity contribution >= 4 is 11.8 Å². The van der Waals surface area contributed by atoms with Gasteiger partial charge in [0.15, 0.2) is 24.7 Å². The van der Waals surface area contributed by atoms with E-state index in [9.17, 15) is 9.59 Å². The third kappa shape index (κ3) is 5.43. The van der Waals surface area contributed by atoms with Gasteiger partial charge in [0.25, 0.3) is 11.8 Å². The van der Waals surface area contributed by atoms with E-state index >= 15 is 0 Å². The van der Waals surface area contributed by atoms with Crippen LogP contribution in [0.15, 0.2) is 48.5 Å². The van der Waals surface area contributed by atoms with Crippen LogP contribution in [-0.4, -0.2) is 68.1 Å². The Balaban J connectivity index is 1.43. The van der Waals surface area contributed by atoms with E-state index in [0.717, 1.165) is 17.7 Å². The molecule has 1 aliphatic rings. The molecular weight excluding hydrogens is 384 g/mol. The summed E-state index contributed by atoms with van der Waals surface area (Å²) in [4.78, 5) is 28.4. The van der Waals surface area contributed by atoms with Gasteiger partial charge in [0.1, 0.15) is 5.75 Å². The molecule has 1 fully saturated rings. The molecular formula is C23H28N2O5. The minimum Gasteiger partial charge on any atom is -0.493 e. The minimum absolute atomic E-state index is 0.00186. The first-order chi connectivity index (χ1) is 14.6. The fraction of sp³-hybridized carbons (Fsp3) is 0.391. The van der Waals surface area contributed by atoms with Crippen LogP contribution in [0.5, 0.6) is 17.2 Å². The van der Waals surface area contributed by atoms with Gasteiger partial charge in [-0.25, -0.2) is 0 Å². The number of ether oxygens (including phenoxy) is 3. The quantitative estimate of drug-likeness (QED) is 0.666. The molecule has 1 saturated heterocycles. The number of piperazine rings is 1. The van der Waals surface area contributed by atoms with Crippen LogP contribution >= 0.6 is 0 Å². The Kier molecular flexibility index (Phi) is 7.54. The molecule has 2 aromatic carbocycles. The molecule has 160 valence electrons. The lowest BCUT2D eigenvalue weighted by atomic mass is 10.1. The number of hydrogen-bond donors (Lipinski definition) is 0. The van der Waals surface area contributed by atoms with Crippen LogP contribution in [0.3, 0.4) is 0 Å². The van der Waals surface area contributed by atoms with Crippen molar-refractivity contribution in [2.45, 2.75) is 13.3 Å². The van der Waals surface area contributed by atoms with Gasteiger partial charge >= 0.3 is 0 Å². The zero-order valence-electron chi connectivity index (χ0n) is 17.5.